The monoisotopic (exact) mass is 1000 g/mol. The highest BCUT2D eigenvalue weighted by atomic mass is 16.5. The molecule has 3 rings (SSSR count). The van der Waals surface area contributed by atoms with Crippen molar-refractivity contribution in [2.75, 3.05) is 33.0 Å². The fraction of sp³-hybridized carbons (Fsp3) is 0.769. The van der Waals surface area contributed by atoms with Crippen LogP contribution in [0.1, 0.15) is 291 Å². The number of hydrogen-bond acceptors (Lipinski definition) is 6. The van der Waals surface area contributed by atoms with E-state index in [2.05, 4.69) is 76.1 Å². The molecular weight excluding hydrogens is 889 g/mol. The Balaban J connectivity index is 1.83. The average molecular weight is 1000 g/mol. The van der Waals surface area contributed by atoms with Gasteiger partial charge in [-0.1, -0.05) is 259 Å². The molecule has 0 aliphatic heterocycles. The van der Waals surface area contributed by atoms with E-state index in [4.69, 9.17) is 28.8 Å². The van der Waals surface area contributed by atoms with Crippen LogP contribution in [0.4, 0.5) is 0 Å². The highest BCUT2D eigenvalue weighted by Gasteiger charge is 2.19. The average Bonchev–Trinajstić information content (AvgIpc) is 3.90. The fourth-order valence-electron chi connectivity index (χ4n) is 9.69. The van der Waals surface area contributed by atoms with Crippen molar-refractivity contribution < 1.29 is 23.7 Å². The molecular formula is C65H112N2O5. The van der Waals surface area contributed by atoms with E-state index in [0.29, 0.717) is 33.0 Å². The molecule has 0 atom stereocenters. The predicted molar refractivity (Wildman–Crippen MR) is 310 cm³/mol. The van der Waals surface area contributed by atoms with Gasteiger partial charge >= 0.3 is 0 Å². The van der Waals surface area contributed by atoms with Gasteiger partial charge in [0.25, 0.3) is 0 Å². The highest BCUT2D eigenvalue weighted by Crippen LogP contribution is 2.43. The molecule has 0 spiro atoms. The van der Waals surface area contributed by atoms with E-state index in [1.54, 1.807) is 0 Å². The number of aromatic nitrogens is 2. The van der Waals surface area contributed by atoms with Gasteiger partial charge in [-0.05, 0) is 68.5 Å². The number of nitrogens with zero attached hydrogens (tertiary/aromatic N) is 1. The lowest BCUT2D eigenvalue weighted by molar-refractivity contribution is 0.234. The molecule has 1 heterocycles. The lowest BCUT2D eigenvalue weighted by Crippen LogP contribution is -2.07. The molecule has 0 saturated carbocycles. The first-order valence-electron chi connectivity index (χ1n) is 31.2. The molecule has 1 N–H and O–H groups in total. The molecule has 0 saturated heterocycles. The molecule has 0 aliphatic rings. The summed E-state index contributed by atoms with van der Waals surface area (Å²) < 4.78 is 33.1. The Morgan fingerprint density at radius 2 is 0.583 bits per heavy atom. The van der Waals surface area contributed by atoms with Crippen LogP contribution in [0, 0.1) is 0 Å². The third kappa shape index (κ3) is 30.1. The van der Waals surface area contributed by atoms with Gasteiger partial charge in [0.1, 0.15) is 0 Å². The molecule has 0 amide bonds. The summed E-state index contributed by atoms with van der Waals surface area (Å²) in [5, 5.41) is 8.32. The highest BCUT2D eigenvalue weighted by molar-refractivity contribution is 5.73. The van der Waals surface area contributed by atoms with Crippen molar-refractivity contribution in [3.05, 3.63) is 36.4 Å². The van der Waals surface area contributed by atoms with Gasteiger partial charge in [-0.2, -0.15) is 5.10 Å². The summed E-state index contributed by atoms with van der Waals surface area (Å²) in [6, 6.07) is 12.8. The van der Waals surface area contributed by atoms with Crippen LogP contribution in [0.5, 0.6) is 28.7 Å². The van der Waals surface area contributed by atoms with Gasteiger partial charge in [0.15, 0.2) is 23.0 Å². The van der Waals surface area contributed by atoms with Crippen LogP contribution in [-0.2, 0) is 0 Å². The third-order valence-electron chi connectivity index (χ3n) is 14.4. The summed E-state index contributed by atoms with van der Waals surface area (Å²) in [5.41, 5.74) is 3.78. The zero-order valence-electron chi connectivity index (χ0n) is 47.8. The number of rotatable bonds is 52. The third-order valence-corrected chi connectivity index (χ3v) is 14.4. The summed E-state index contributed by atoms with van der Waals surface area (Å²) in [6.07, 6.45) is 50.7. The van der Waals surface area contributed by atoms with E-state index >= 15 is 0 Å². The number of aromatic amines is 1. The Bertz CT molecular complexity index is 1630. The molecule has 7 nitrogen and oxygen atoms in total. The van der Waals surface area contributed by atoms with Crippen molar-refractivity contribution in [3.63, 3.8) is 0 Å². The van der Waals surface area contributed by atoms with E-state index in [1.807, 2.05) is 0 Å². The molecule has 0 aliphatic carbocycles. The zero-order valence-corrected chi connectivity index (χ0v) is 47.8. The summed E-state index contributed by atoms with van der Waals surface area (Å²) in [4.78, 5) is 0. The lowest BCUT2D eigenvalue weighted by atomic mass is 10.1. The van der Waals surface area contributed by atoms with E-state index in [-0.39, 0.29) is 0 Å². The molecule has 0 unspecified atom stereocenters. The molecule has 0 radical (unpaired) electrons. The summed E-state index contributed by atoms with van der Waals surface area (Å²) in [5.74, 6) is 3.93. The van der Waals surface area contributed by atoms with Gasteiger partial charge < -0.3 is 23.7 Å². The van der Waals surface area contributed by atoms with Crippen molar-refractivity contribution in [2.45, 2.75) is 291 Å². The van der Waals surface area contributed by atoms with Crippen molar-refractivity contribution in [2.24, 2.45) is 0 Å². The topological polar surface area (TPSA) is 74.8 Å². The number of benzene rings is 2. The quantitative estimate of drug-likeness (QED) is 0.0568. The Kier molecular flexibility index (Phi) is 39.4. The van der Waals surface area contributed by atoms with Crippen molar-refractivity contribution >= 4 is 0 Å². The maximum atomic E-state index is 6.71. The predicted octanol–water partition coefficient (Wildman–Crippen LogP) is 21.3. The first-order chi connectivity index (χ1) is 35.6. The molecule has 0 bridgehead atoms. The molecule has 0 fully saturated rings. The minimum Gasteiger partial charge on any atom is -0.490 e. The summed E-state index contributed by atoms with van der Waals surface area (Å²) in [7, 11) is 0. The van der Waals surface area contributed by atoms with Crippen LogP contribution in [-0.4, -0.2) is 43.2 Å². The smallest absolute Gasteiger partial charge is 0.203 e. The number of hydrogen-bond donors (Lipinski definition) is 1. The number of nitrogens with one attached hydrogen (secondary N) is 1. The minimum absolute atomic E-state index is 0.658. The van der Waals surface area contributed by atoms with E-state index in [0.717, 1.165) is 83.4 Å². The number of H-pyrrole nitrogens is 1. The first kappa shape index (κ1) is 62.9. The number of unbranched alkanes of at least 4 members (excludes halogenated alkanes) is 35. The van der Waals surface area contributed by atoms with Crippen LogP contribution in [0.3, 0.4) is 0 Å². The number of ether oxygens (including phenoxy) is 5. The first-order valence-corrected chi connectivity index (χ1v) is 31.2. The van der Waals surface area contributed by atoms with Gasteiger partial charge in [-0.3, -0.25) is 5.10 Å². The van der Waals surface area contributed by atoms with Crippen LogP contribution in [0.25, 0.3) is 22.5 Å². The Labute approximate surface area is 444 Å². The Morgan fingerprint density at radius 3 is 0.944 bits per heavy atom. The summed E-state index contributed by atoms with van der Waals surface area (Å²) >= 11 is 0. The summed E-state index contributed by atoms with van der Waals surface area (Å²) in [6.45, 7) is 14.8. The van der Waals surface area contributed by atoms with Gasteiger partial charge in [0.2, 0.25) is 5.75 Å². The fourth-order valence-corrected chi connectivity index (χ4v) is 9.69. The molecule has 1 aromatic heterocycles. The normalized spacial score (nSPS) is 11.4. The minimum atomic E-state index is 0.658. The lowest BCUT2D eigenvalue weighted by Gasteiger charge is -2.19. The molecule has 72 heavy (non-hydrogen) atoms. The molecule has 3 aromatic rings. The maximum absolute atomic E-state index is 6.71. The van der Waals surface area contributed by atoms with Crippen LogP contribution < -0.4 is 23.7 Å². The molecule has 412 valence electrons. The largest absolute Gasteiger partial charge is 0.490 e. The van der Waals surface area contributed by atoms with Gasteiger partial charge in [-0.25, -0.2) is 0 Å². The van der Waals surface area contributed by atoms with Crippen molar-refractivity contribution in [1.82, 2.24) is 10.2 Å². The van der Waals surface area contributed by atoms with Gasteiger partial charge in [0.05, 0.1) is 44.4 Å². The van der Waals surface area contributed by atoms with Crippen molar-refractivity contribution in [1.29, 1.82) is 0 Å². The van der Waals surface area contributed by atoms with Crippen LogP contribution in [0.2, 0.25) is 0 Å². The second-order valence-corrected chi connectivity index (χ2v) is 21.2. The molecule has 7 heteroatoms. The van der Waals surface area contributed by atoms with E-state index < -0.39 is 0 Å². The zero-order chi connectivity index (χ0) is 51.2. The van der Waals surface area contributed by atoms with Crippen molar-refractivity contribution in [3.8, 4) is 51.3 Å². The maximum Gasteiger partial charge on any atom is 0.203 e. The Hall–Kier alpha value is -3.35. The second-order valence-electron chi connectivity index (χ2n) is 21.2. The second kappa shape index (κ2) is 45.1. The van der Waals surface area contributed by atoms with Gasteiger partial charge in [-0.15, -0.1) is 0 Å². The van der Waals surface area contributed by atoms with Crippen LogP contribution >= 0.6 is 0 Å². The standard InChI is InChI=1S/C65H112N2O5/c1-6-11-16-21-26-31-36-41-48-68-61-47-46-57(53-62(61)69-49-42-37-32-27-22-17-12-7-2)59-56-60(67-66-59)58-54-63(70-50-43-38-33-28-23-18-13-8-3)65(72-52-45-40-35-30-25-20-15-10-5)64(55-58)71-51-44-39-34-29-24-19-14-9-4/h46-47,53-56H,6-45,48-52H2,1-5H3,(H,66,67). The van der Waals surface area contributed by atoms with Crippen LogP contribution in [0.15, 0.2) is 36.4 Å². The van der Waals surface area contributed by atoms with Gasteiger partial charge in [0, 0.05) is 11.1 Å². The SMILES string of the molecule is CCCCCCCCCCOc1ccc(-c2cc(-c3cc(OCCCCCCCCCC)c(OCCCCCCCCCC)c(OCCCCCCCCCC)c3)n[nH]2)cc1OCCCCCCCCCC. The molecule has 2 aromatic carbocycles. The van der Waals surface area contributed by atoms with E-state index in [9.17, 15) is 0 Å². The Morgan fingerprint density at radius 1 is 0.292 bits per heavy atom. The van der Waals surface area contributed by atoms with E-state index in [1.165, 1.54) is 225 Å².